The van der Waals surface area contributed by atoms with Gasteiger partial charge in [-0.3, -0.25) is 0 Å². The maximum Gasteiger partial charge on any atom is 0.341 e. The van der Waals surface area contributed by atoms with Gasteiger partial charge in [-0.2, -0.15) is 0 Å². The summed E-state index contributed by atoms with van der Waals surface area (Å²) in [5, 5.41) is 3.38. The molecule has 94 valence electrons. The molecule has 0 amide bonds. The molecule has 0 radical (unpaired) electrons. The van der Waals surface area contributed by atoms with Crippen LogP contribution in [0.5, 0.6) is 0 Å². The van der Waals surface area contributed by atoms with Gasteiger partial charge in [-0.05, 0) is 30.7 Å². The third kappa shape index (κ3) is 2.88. The molecule has 2 rings (SSSR count). The molecule has 4 heteroatoms. The predicted octanol–water partition coefficient (Wildman–Crippen LogP) is 2.35. The molecule has 1 heterocycles. The highest BCUT2D eigenvalue weighted by Crippen LogP contribution is 2.47. The lowest BCUT2D eigenvalue weighted by molar-refractivity contribution is 0.0600. The minimum Gasteiger partial charge on any atom is -0.467 e. The van der Waals surface area contributed by atoms with E-state index in [2.05, 4.69) is 17.0 Å². The van der Waals surface area contributed by atoms with Crippen LogP contribution >= 0.6 is 0 Å². The molecule has 1 aliphatic carbocycles. The Morgan fingerprint density at radius 1 is 1.59 bits per heavy atom. The SMILES string of the molecule is CCC1(CNCc2cc(C(=O)OC)co2)CC1. The lowest BCUT2D eigenvalue weighted by atomic mass is 10.0. The van der Waals surface area contributed by atoms with E-state index < -0.39 is 0 Å². The molecule has 0 aromatic carbocycles. The topological polar surface area (TPSA) is 51.5 Å². The van der Waals surface area contributed by atoms with Crippen LogP contribution in [-0.4, -0.2) is 19.6 Å². The van der Waals surface area contributed by atoms with Crippen molar-refractivity contribution in [3.05, 3.63) is 23.7 Å². The van der Waals surface area contributed by atoms with Crippen LogP contribution in [0.4, 0.5) is 0 Å². The van der Waals surface area contributed by atoms with Gasteiger partial charge in [0.15, 0.2) is 0 Å². The third-order valence-electron chi connectivity index (χ3n) is 3.58. The zero-order chi connectivity index (χ0) is 12.3. The molecule has 0 bridgehead atoms. The van der Waals surface area contributed by atoms with Crippen LogP contribution in [0.3, 0.4) is 0 Å². The first-order chi connectivity index (χ1) is 8.19. The fourth-order valence-corrected chi connectivity index (χ4v) is 1.98. The van der Waals surface area contributed by atoms with Crippen molar-refractivity contribution in [1.82, 2.24) is 5.32 Å². The molecule has 17 heavy (non-hydrogen) atoms. The van der Waals surface area contributed by atoms with Crippen LogP contribution in [0, 0.1) is 5.41 Å². The van der Waals surface area contributed by atoms with Gasteiger partial charge in [0.2, 0.25) is 0 Å². The van der Waals surface area contributed by atoms with Crippen molar-refractivity contribution in [3.63, 3.8) is 0 Å². The number of nitrogens with one attached hydrogen (secondary N) is 1. The Kier molecular flexibility index (Phi) is 3.52. The summed E-state index contributed by atoms with van der Waals surface area (Å²) in [6, 6.07) is 1.73. The smallest absolute Gasteiger partial charge is 0.341 e. The zero-order valence-corrected chi connectivity index (χ0v) is 10.4. The molecule has 1 aromatic heterocycles. The standard InChI is InChI=1S/C13H19NO3/c1-3-13(4-5-13)9-14-7-11-6-10(8-17-11)12(15)16-2/h6,8,14H,3-5,7,9H2,1-2H3. The van der Waals surface area contributed by atoms with Crippen LogP contribution in [0.15, 0.2) is 16.7 Å². The zero-order valence-electron chi connectivity index (χ0n) is 10.4. The average Bonchev–Trinajstić information content (AvgIpc) is 2.98. The summed E-state index contributed by atoms with van der Waals surface area (Å²) in [5.41, 5.74) is 0.999. The molecule has 1 N–H and O–H groups in total. The van der Waals surface area contributed by atoms with Gasteiger partial charge in [0, 0.05) is 6.54 Å². The van der Waals surface area contributed by atoms with E-state index in [1.165, 1.54) is 32.6 Å². The number of hydrogen-bond donors (Lipinski definition) is 1. The first-order valence-corrected chi connectivity index (χ1v) is 6.05. The van der Waals surface area contributed by atoms with Gasteiger partial charge >= 0.3 is 5.97 Å². The van der Waals surface area contributed by atoms with E-state index in [4.69, 9.17) is 4.42 Å². The van der Waals surface area contributed by atoms with E-state index in [1.54, 1.807) is 6.07 Å². The Hall–Kier alpha value is -1.29. The number of hydrogen-bond acceptors (Lipinski definition) is 4. The molecular weight excluding hydrogens is 218 g/mol. The molecule has 1 aromatic rings. The maximum absolute atomic E-state index is 11.2. The van der Waals surface area contributed by atoms with Gasteiger partial charge in [0.05, 0.1) is 19.2 Å². The number of furan rings is 1. The van der Waals surface area contributed by atoms with Gasteiger partial charge in [0.1, 0.15) is 12.0 Å². The minimum atomic E-state index is -0.354. The van der Waals surface area contributed by atoms with Crippen molar-refractivity contribution in [1.29, 1.82) is 0 Å². The highest BCUT2D eigenvalue weighted by atomic mass is 16.5. The number of methoxy groups -OCH3 is 1. The Labute approximate surface area is 101 Å². The summed E-state index contributed by atoms with van der Waals surface area (Å²) < 4.78 is 9.91. The van der Waals surface area contributed by atoms with E-state index in [9.17, 15) is 4.79 Å². The van der Waals surface area contributed by atoms with E-state index in [0.717, 1.165) is 12.3 Å². The van der Waals surface area contributed by atoms with Crippen LogP contribution in [0.25, 0.3) is 0 Å². The number of ether oxygens (including phenoxy) is 1. The second kappa shape index (κ2) is 4.92. The number of rotatable bonds is 6. The van der Waals surface area contributed by atoms with Gasteiger partial charge in [-0.15, -0.1) is 0 Å². The average molecular weight is 237 g/mol. The fraction of sp³-hybridized carbons (Fsp3) is 0.615. The maximum atomic E-state index is 11.2. The predicted molar refractivity (Wildman–Crippen MR) is 63.7 cm³/mol. The minimum absolute atomic E-state index is 0.354. The quantitative estimate of drug-likeness (QED) is 0.772. The van der Waals surface area contributed by atoms with Gasteiger partial charge in [-0.25, -0.2) is 4.79 Å². The van der Waals surface area contributed by atoms with Crippen LogP contribution in [0.2, 0.25) is 0 Å². The summed E-state index contributed by atoms with van der Waals surface area (Å²) in [4.78, 5) is 11.2. The van der Waals surface area contributed by atoms with Gasteiger partial charge in [0.25, 0.3) is 0 Å². The third-order valence-corrected chi connectivity index (χ3v) is 3.58. The van der Waals surface area contributed by atoms with Crippen molar-refractivity contribution in [2.45, 2.75) is 32.7 Å². The summed E-state index contributed by atoms with van der Waals surface area (Å²) in [6.45, 7) is 3.92. The molecule has 0 unspecified atom stereocenters. The molecule has 0 saturated heterocycles. The van der Waals surface area contributed by atoms with E-state index in [1.807, 2.05) is 0 Å². The van der Waals surface area contributed by atoms with E-state index in [0.29, 0.717) is 17.5 Å². The van der Waals surface area contributed by atoms with Crippen molar-refractivity contribution < 1.29 is 13.9 Å². The Bertz CT molecular complexity index is 393. The second-order valence-corrected chi connectivity index (χ2v) is 4.75. The molecule has 4 nitrogen and oxygen atoms in total. The van der Waals surface area contributed by atoms with E-state index in [-0.39, 0.29) is 5.97 Å². The first-order valence-electron chi connectivity index (χ1n) is 6.05. The fourth-order valence-electron chi connectivity index (χ4n) is 1.98. The summed E-state index contributed by atoms with van der Waals surface area (Å²) >= 11 is 0. The number of esters is 1. The molecule has 1 aliphatic rings. The molecule has 1 saturated carbocycles. The first kappa shape index (κ1) is 12.2. The highest BCUT2D eigenvalue weighted by Gasteiger charge is 2.39. The Balaban J connectivity index is 1.79. The van der Waals surface area contributed by atoms with Gasteiger partial charge < -0.3 is 14.5 Å². The lowest BCUT2D eigenvalue weighted by Crippen LogP contribution is -2.22. The summed E-state index contributed by atoms with van der Waals surface area (Å²) in [5.74, 6) is 0.421. The Morgan fingerprint density at radius 2 is 2.35 bits per heavy atom. The van der Waals surface area contributed by atoms with Crippen molar-refractivity contribution in [3.8, 4) is 0 Å². The van der Waals surface area contributed by atoms with Crippen LogP contribution in [0.1, 0.15) is 42.3 Å². The summed E-state index contributed by atoms with van der Waals surface area (Å²) in [6.07, 6.45) is 5.31. The second-order valence-electron chi connectivity index (χ2n) is 4.75. The highest BCUT2D eigenvalue weighted by molar-refractivity contribution is 5.88. The van der Waals surface area contributed by atoms with Crippen molar-refractivity contribution >= 4 is 5.97 Å². The monoisotopic (exact) mass is 237 g/mol. The molecule has 0 aliphatic heterocycles. The molecule has 0 atom stereocenters. The Morgan fingerprint density at radius 3 is 2.94 bits per heavy atom. The van der Waals surface area contributed by atoms with Crippen molar-refractivity contribution in [2.24, 2.45) is 5.41 Å². The normalized spacial score (nSPS) is 16.8. The summed E-state index contributed by atoms with van der Waals surface area (Å²) in [7, 11) is 1.37. The van der Waals surface area contributed by atoms with Gasteiger partial charge in [-0.1, -0.05) is 6.92 Å². The lowest BCUT2D eigenvalue weighted by Gasteiger charge is -2.12. The van der Waals surface area contributed by atoms with Crippen molar-refractivity contribution in [2.75, 3.05) is 13.7 Å². The van der Waals surface area contributed by atoms with Crippen LogP contribution in [-0.2, 0) is 11.3 Å². The molecular formula is C13H19NO3. The van der Waals surface area contributed by atoms with E-state index >= 15 is 0 Å². The number of carbonyl (C=O) groups is 1. The molecule has 1 fully saturated rings. The molecule has 0 spiro atoms. The van der Waals surface area contributed by atoms with Crippen LogP contribution < -0.4 is 5.32 Å². The largest absolute Gasteiger partial charge is 0.467 e. The number of carbonyl (C=O) groups excluding carboxylic acids is 1.